The third kappa shape index (κ3) is 4.50. The summed E-state index contributed by atoms with van der Waals surface area (Å²) in [6.07, 6.45) is 1.93. The lowest BCUT2D eigenvalue weighted by Crippen LogP contribution is -2.45. The fraction of sp³-hybridized carbons (Fsp3) is 0.200. The molecule has 1 aliphatic heterocycles. The van der Waals surface area contributed by atoms with Crippen molar-refractivity contribution in [2.24, 2.45) is 0 Å². The van der Waals surface area contributed by atoms with Gasteiger partial charge in [0.05, 0.1) is 5.60 Å². The van der Waals surface area contributed by atoms with E-state index in [-0.39, 0.29) is 16.3 Å². The Morgan fingerprint density at radius 3 is 2.46 bits per heavy atom. The summed E-state index contributed by atoms with van der Waals surface area (Å²) in [5.74, 6) is -0.187. The summed E-state index contributed by atoms with van der Waals surface area (Å²) in [4.78, 5) is 18.7. The number of likely N-dealkylation sites (tertiary alicyclic amines) is 1. The Morgan fingerprint density at radius 1 is 1.03 bits per heavy atom. The number of benzene rings is 3. The van der Waals surface area contributed by atoms with E-state index in [1.54, 1.807) is 35.2 Å². The second kappa shape index (κ2) is 8.99. The summed E-state index contributed by atoms with van der Waals surface area (Å²) in [7, 11) is -3.91. The van der Waals surface area contributed by atoms with Gasteiger partial charge < -0.3 is 14.4 Å². The normalized spacial score (nSPS) is 15.8. The second-order valence-electron chi connectivity index (χ2n) is 8.44. The van der Waals surface area contributed by atoms with E-state index in [0.29, 0.717) is 53.4 Å². The van der Waals surface area contributed by atoms with Crippen LogP contribution in [0.3, 0.4) is 0 Å². The van der Waals surface area contributed by atoms with Crippen molar-refractivity contribution in [1.29, 1.82) is 0 Å². The zero-order chi connectivity index (χ0) is 24.6. The molecule has 1 fully saturated rings. The quantitative estimate of drug-likeness (QED) is 0.410. The summed E-state index contributed by atoms with van der Waals surface area (Å²) >= 11 is 6.27. The molecule has 0 unspecified atom stereocenters. The van der Waals surface area contributed by atoms with Crippen molar-refractivity contribution >= 4 is 44.3 Å². The molecule has 1 saturated heterocycles. The predicted molar refractivity (Wildman–Crippen MR) is 132 cm³/mol. The highest BCUT2D eigenvalue weighted by molar-refractivity contribution is 7.93. The second-order valence-corrected chi connectivity index (χ2v) is 10.5. The lowest BCUT2D eigenvalue weighted by molar-refractivity contribution is -0.0210. The Labute approximate surface area is 207 Å². The van der Waals surface area contributed by atoms with Gasteiger partial charge in [0.2, 0.25) is 0 Å². The first-order chi connectivity index (χ1) is 16.8. The van der Waals surface area contributed by atoms with Crippen molar-refractivity contribution in [3.63, 3.8) is 0 Å². The molecule has 35 heavy (non-hydrogen) atoms. The van der Waals surface area contributed by atoms with E-state index in [0.717, 1.165) is 0 Å². The van der Waals surface area contributed by atoms with Crippen LogP contribution in [0.1, 0.15) is 28.8 Å². The maximum Gasteiger partial charge on any atom is 0.264 e. The zero-order valence-electron chi connectivity index (χ0n) is 18.5. The van der Waals surface area contributed by atoms with Gasteiger partial charge in [-0.2, -0.15) is 0 Å². The predicted octanol–water partition coefficient (Wildman–Crippen LogP) is 4.41. The van der Waals surface area contributed by atoms with E-state index in [1.807, 2.05) is 18.2 Å². The van der Waals surface area contributed by atoms with Gasteiger partial charge in [-0.3, -0.25) is 9.52 Å². The number of para-hydroxylation sites is 1. The molecule has 0 radical (unpaired) electrons. The topological polar surface area (TPSA) is 113 Å². The molecule has 5 rings (SSSR count). The number of anilines is 1. The SMILES string of the molecule is O=C(c1ccc(NS(=O)(=O)c2cccc3ocnc23)cc1)N1CCC(O)(c2ccccc2Cl)CC1. The number of rotatable bonds is 5. The minimum atomic E-state index is -3.91. The Hall–Kier alpha value is -3.40. The van der Waals surface area contributed by atoms with Crippen LogP contribution in [0.4, 0.5) is 5.69 Å². The molecule has 1 aliphatic rings. The molecular weight excluding hydrogens is 490 g/mol. The fourth-order valence-electron chi connectivity index (χ4n) is 4.34. The number of piperidine rings is 1. The van der Waals surface area contributed by atoms with Crippen LogP contribution in [0.25, 0.3) is 11.1 Å². The first kappa shape index (κ1) is 23.3. The van der Waals surface area contributed by atoms with Gasteiger partial charge in [0, 0.05) is 34.9 Å². The maximum atomic E-state index is 13.0. The average molecular weight is 512 g/mol. The highest BCUT2D eigenvalue weighted by Crippen LogP contribution is 2.37. The Morgan fingerprint density at radius 2 is 1.74 bits per heavy atom. The van der Waals surface area contributed by atoms with Crippen LogP contribution in [0, 0.1) is 0 Å². The zero-order valence-corrected chi connectivity index (χ0v) is 20.1. The molecule has 0 spiro atoms. The summed E-state index contributed by atoms with van der Waals surface area (Å²) in [5, 5.41) is 11.6. The minimum Gasteiger partial charge on any atom is -0.443 e. The van der Waals surface area contributed by atoms with Crippen LogP contribution in [-0.2, 0) is 15.6 Å². The molecule has 0 atom stereocenters. The van der Waals surface area contributed by atoms with Crippen LogP contribution in [0.2, 0.25) is 5.02 Å². The number of carbonyl (C=O) groups is 1. The number of carbonyl (C=O) groups excluding carboxylic acids is 1. The number of aromatic nitrogens is 1. The number of fused-ring (bicyclic) bond motifs is 1. The Bertz CT molecular complexity index is 1490. The van der Waals surface area contributed by atoms with E-state index in [9.17, 15) is 18.3 Å². The number of nitrogens with one attached hydrogen (secondary N) is 1. The van der Waals surface area contributed by atoms with Gasteiger partial charge in [-0.1, -0.05) is 35.9 Å². The molecule has 8 nitrogen and oxygen atoms in total. The molecule has 2 heterocycles. The molecule has 0 saturated carbocycles. The van der Waals surface area contributed by atoms with Crippen LogP contribution < -0.4 is 4.72 Å². The van der Waals surface area contributed by atoms with Gasteiger partial charge in [0.25, 0.3) is 15.9 Å². The number of nitrogens with zero attached hydrogens (tertiary/aromatic N) is 2. The monoisotopic (exact) mass is 511 g/mol. The third-order valence-electron chi connectivity index (χ3n) is 6.25. The molecule has 2 N–H and O–H groups in total. The van der Waals surface area contributed by atoms with Crippen molar-refractivity contribution < 1.29 is 22.7 Å². The lowest BCUT2D eigenvalue weighted by Gasteiger charge is -2.39. The number of sulfonamides is 1. The third-order valence-corrected chi connectivity index (χ3v) is 7.99. The standard InChI is InChI=1S/C25H22ClN3O5S/c26-20-5-2-1-4-19(20)25(31)12-14-29(15-13-25)24(30)17-8-10-18(11-9-17)28-35(32,33)22-7-3-6-21-23(22)27-16-34-21/h1-11,16,28,31H,12-15H2. The molecule has 3 aromatic carbocycles. The van der Waals surface area contributed by atoms with Crippen molar-refractivity contribution in [2.75, 3.05) is 17.8 Å². The molecule has 0 aliphatic carbocycles. The summed E-state index contributed by atoms with van der Waals surface area (Å²) < 4.78 is 33.5. The maximum absolute atomic E-state index is 13.0. The van der Waals surface area contributed by atoms with Crippen molar-refractivity contribution in [2.45, 2.75) is 23.3 Å². The number of hydrogen-bond acceptors (Lipinski definition) is 6. The molecule has 1 amide bonds. The summed E-state index contributed by atoms with van der Waals surface area (Å²) in [5.41, 5.74) is 0.949. The number of oxazole rings is 1. The van der Waals surface area contributed by atoms with Gasteiger partial charge in [0.1, 0.15) is 10.4 Å². The number of halogens is 1. The van der Waals surface area contributed by atoms with Gasteiger partial charge in [-0.15, -0.1) is 0 Å². The lowest BCUT2D eigenvalue weighted by atomic mass is 9.84. The highest BCUT2D eigenvalue weighted by Gasteiger charge is 2.37. The largest absolute Gasteiger partial charge is 0.443 e. The highest BCUT2D eigenvalue weighted by atomic mass is 35.5. The molecule has 1 aromatic heterocycles. The first-order valence-electron chi connectivity index (χ1n) is 11.0. The molecule has 180 valence electrons. The van der Waals surface area contributed by atoms with Crippen LogP contribution in [-0.4, -0.2) is 42.4 Å². The Balaban J connectivity index is 1.27. The molecule has 10 heteroatoms. The van der Waals surface area contributed by atoms with Crippen LogP contribution in [0.15, 0.2) is 82.4 Å². The van der Waals surface area contributed by atoms with Crippen LogP contribution >= 0.6 is 11.6 Å². The van der Waals surface area contributed by atoms with Gasteiger partial charge in [-0.25, -0.2) is 13.4 Å². The Kier molecular flexibility index (Phi) is 6.00. The van der Waals surface area contributed by atoms with Gasteiger partial charge >= 0.3 is 0 Å². The number of aliphatic hydroxyl groups is 1. The van der Waals surface area contributed by atoms with Crippen molar-refractivity contribution in [3.05, 3.63) is 89.3 Å². The molecule has 4 aromatic rings. The van der Waals surface area contributed by atoms with Crippen LogP contribution in [0.5, 0.6) is 0 Å². The molecule has 0 bridgehead atoms. The first-order valence-corrected chi connectivity index (χ1v) is 12.8. The van der Waals surface area contributed by atoms with Gasteiger partial charge in [-0.05, 0) is 55.3 Å². The van der Waals surface area contributed by atoms with E-state index in [4.69, 9.17) is 16.0 Å². The van der Waals surface area contributed by atoms with E-state index in [2.05, 4.69) is 9.71 Å². The average Bonchev–Trinajstić information content (AvgIpc) is 3.33. The van der Waals surface area contributed by atoms with Crippen molar-refractivity contribution in [3.8, 4) is 0 Å². The summed E-state index contributed by atoms with van der Waals surface area (Å²) in [6.45, 7) is 0.743. The van der Waals surface area contributed by atoms with E-state index >= 15 is 0 Å². The van der Waals surface area contributed by atoms with Gasteiger partial charge in [0.15, 0.2) is 12.0 Å². The molecular formula is C25H22ClN3O5S. The number of hydrogen-bond donors (Lipinski definition) is 2. The van der Waals surface area contributed by atoms with E-state index < -0.39 is 15.6 Å². The number of amides is 1. The summed E-state index contributed by atoms with van der Waals surface area (Å²) in [6, 6.07) is 18.1. The van der Waals surface area contributed by atoms with Crippen molar-refractivity contribution in [1.82, 2.24) is 9.88 Å². The fourth-order valence-corrected chi connectivity index (χ4v) is 5.87. The van der Waals surface area contributed by atoms with E-state index in [1.165, 1.54) is 24.6 Å². The minimum absolute atomic E-state index is 0.00299. The smallest absolute Gasteiger partial charge is 0.264 e.